The van der Waals surface area contributed by atoms with Gasteiger partial charge < -0.3 is 15.4 Å². The number of methoxy groups -OCH3 is 1. The third kappa shape index (κ3) is 3.77. The van der Waals surface area contributed by atoms with E-state index in [0.717, 1.165) is 18.6 Å². The molecule has 0 bridgehead atoms. The van der Waals surface area contributed by atoms with Crippen molar-refractivity contribution < 1.29 is 9.53 Å². The third-order valence-corrected chi connectivity index (χ3v) is 4.88. The molecule has 126 valence electrons. The van der Waals surface area contributed by atoms with Crippen LogP contribution in [0.15, 0.2) is 42.5 Å². The summed E-state index contributed by atoms with van der Waals surface area (Å²) < 4.78 is 5.18. The van der Waals surface area contributed by atoms with E-state index in [-0.39, 0.29) is 11.4 Å². The highest BCUT2D eigenvalue weighted by molar-refractivity contribution is 6.35. The number of ether oxygens (including phenoxy) is 1. The van der Waals surface area contributed by atoms with E-state index < -0.39 is 0 Å². The maximum absolute atomic E-state index is 12.1. The van der Waals surface area contributed by atoms with Gasteiger partial charge in [-0.3, -0.25) is 0 Å². The van der Waals surface area contributed by atoms with Crippen LogP contribution in [0.25, 0.3) is 0 Å². The molecule has 0 spiro atoms. The van der Waals surface area contributed by atoms with Gasteiger partial charge in [-0.25, -0.2) is 4.79 Å². The molecule has 0 atom stereocenters. The van der Waals surface area contributed by atoms with Crippen LogP contribution in [-0.4, -0.2) is 19.7 Å². The first kappa shape index (κ1) is 16.9. The number of hydrogen-bond donors (Lipinski definition) is 2. The minimum absolute atomic E-state index is 0.0156. The summed E-state index contributed by atoms with van der Waals surface area (Å²) in [4.78, 5) is 12.1. The molecule has 6 heteroatoms. The van der Waals surface area contributed by atoms with E-state index in [9.17, 15) is 4.79 Å². The van der Waals surface area contributed by atoms with E-state index in [1.54, 1.807) is 25.3 Å². The number of benzene rings is 2. The van der Waals surface area contributed by atoms with Gasteiger partial charge in [-0.15, -0.1) is 0 Å². The van der Waals surface area contributed by atoms with Crippen LogP contribution in [-0.2, 0) is 5.41 Å². The Kier molecular flexibility index (Phi) is 4.88. The number of rotatable bonds is 5. The van der Waals surface area contributed by atoms with Crippen molar-refractivity contribution in [3.63, 3.8) is 0 Å². The Morgan fingerprint density at radius 1 is 1.17 bits per heavy atom. The molecule has 4 nitrogen and oxygen atoms in total. The van der Waals surface area contributed by atoms with Gasteiger partial charge in [-0.05, 0) is 48.7 Å². The zero-order valence-corrected chi connectivity index (χ0v) is 14.7. The van der Waals surface area contributed by atoms with Crippen LogP contribution in [0.4, 0.5) is 10.5 Å². The van der Waals surface area contributed by atoms with Crippen LogP contribution in [0.5, 0.6) is 5.75 Å². The Bertz CT molecular complexity index is 743. The molecule has 1 saturated carbocycles. The lowest BCUT2D eigenvalue weighted by Crippen LogP contribution is -2.35. The fraction of sp³-hybridized carbons (Fsp3) is 0.278. The maximum atomic E-state index is 12.1. The van der Waals surface area contributed by atoms with Crippen molar-refractivity contribution in [3.8, 4) is 5.75 Å². The number of carbonyl (C=O) groups is 1. The maximum Gasteiger partial charge on any atom is 0.319 e. The summed E-state index contributed by atoms with van der Waals surface area (Å²) >= 11 is 12.0. The third-order valence-electron chi connectivity index (χ3n) is 4.32. The van der Waals surface area contributed by atoms with Crippen molar-refractivity contribution in [3.05, 3.63) is 58.1 Å². The molecule has 0 unspecified atom stereocenters. The fourth-order valence-electron chi connectivity index (χ4n) is 2.67. The zero-order chi connectivity index (χ0) is 17.2. The van der Waals surface area contributed by atoms with Crippen molar-refractivity contribution >= 4 is 34.9 Å². The van der Waals surface area contributed by atoms with Crippen LogP contribution in [0.2, 0.25) is 10.0 Å². The minimum atomic E-state index is -0.293. The highest BCUT2D eigenvalue weighted by Gasteiger charge is 2.44. The van der Waals surface area contributed by atoms with Gasteiger partial charge in [-0.2, -0.15) is 0 Å². The van der Waals surface area contributed by atoms with E-state index in [1.165, 1.54) is 5.56 Å². The van der Waals surface area contributed by atoms with E-state index in [1.807, 2.05) is 12.1 Å². The molecule has 3 rings (SSSR count). The van der Waals surface area contributed by atoms with Gasteiger partial charge in [-0.1, -0.05) is 35.3 Å². The molecule has 2 N–H and O–H groups in total. The quantitative estimate of drug-likeness (QED) is 0.795. The topological polar surface area (TPSA) is 50.4 Å². The van der Waals surface area contributed by atoms with Gasteiger partial charge >= 0.3 is 6.03 Å². The highest BCUT2D eigenvalue weighted by atomic mass is 35.5. The van der Waals surface area contributed by atoms with E-state index in [0.29, 0.717) is 22.3 Å². The van der Waals surface area contributed by atoms with Gasteiger partial charge in [0.2, 0.25) is 0 Å². The summed E-state index contributed by atoms with van der Waals surface area (Å²) in [6, 6.07) is 12.7. The van der Waals surface area contributed by atoms with Gasteiger partial charge in [0.15, 0.2) is 0 Å². The molecule has 2 aromatic carbocycles. The molecule has 0 radical (unpaired) electrons. The average molecular weight is 365 g/mol. The van der Waals surface area contributed by atoms with Crippen LogP contribution in [0.1, 0.15) is 18.4 Å². The molecule has 2 aromatic rings. The molecule has 1 aliphatic carbocycles. The number of anilines is 1. The molecule has 2 amide bonds. The van der Waals surface area contributed by atoms with Crippen molar-refractivity contribution in [2.75, 3.05) is 19.0 Å². The predicted octanol–water partition coefficient (Wildman–Crippen LogP) is 4.86. The van der Waals surface area contributed by atoms with Crippen molar-refractivity contribution in [2.24, 2.45) is 0 Å². The summed E-state index contributed by atoms with van der Waals surface area (Å²) in [5.41, 5.74) is 1.72. The number of carbonyl (C=O) groups excluding carboxylic acids is 1. The second-order valence-corrected chi connectivity index (χ2v) is 6.78. The molecular formula is C18H18Cl2N2O2. The van der Waals surface area contributed by atoms with Crippen LogP contribution in [0.3, 0.4) is 0 Å². The summed E-state index contributed by atoms with van der Waals surface area (Å²) in [5.74, 6) is 0.829. The van der Waals surface area contributed by atoms with Crippen molar-refractivity contribution in [1.29, 1.82) is 0 Å². The van der Waals surface area contributed by atoms with Gasteiger partial charge in [0.25, 0.3) is 0 Å². The summed E-state index contributed by atoms with van der Waals surface area (Å²) in [5, 5.41) is 6.63. The van der Waals surface area contributed by atoms with E-state index >= 15 is 0 Å². The van der Waals surface area contributed by atoms with Gasteiger partial charge in [0, 0.05) is 17.0 Å². The first-order valence-corrected chi connectivity index (χ1v) is 8.42. The smallest absolute Gasteiger partial charge is 0.319 e. The lowest BCUT2D eigenvalue weighted by molar-refractivity contribution is 0.251. The molecule has 1 fully saturated rings. The molecular weight excluding hydrogens is 347 g/mol. The SMILES string of the molecule is COc1ccc(C2(CNC(=O)Nc3cc(Cl)ccc3Cl)CC2)cc1. The molecule has 0 aliphatic heterocycles. The Morgan fingerprint density at radius 3 is 2.50 bits per heavy atom. The van der Waals surface area contributed by atoms with Gasteiger partial charge in [0.1, 0.15) is 5.75 Å². The van der Waals surface area contributed by atoms with Crippen LogP contribution in [0, 0.1) is 0 Å². The number of urea groups is 1. The molecule has 0 heterocycles. The summed E-state index contributed by atoms with van der Waals surface area (Å²) in [6.45, 7) is 0.573. The number of hydrogen-bond acceptors (Lipinski definition) is 2. The first-order chi connectivity index (χ1) is 11.5. The van der Waals surface area contributed by atoms with Crippen molar-refractivity contribution in [2.45, 2.75) is 18.3 Å². The van der Waals surface area contributed by atoms with Crippen molar-refractivity contribution in [1.82, 2.24) is 5.32 Å². The fourth-order valence-corrected chi connectivity index (χ4v) is 3.01. The van der Waals surface area contributed by atoms with Crippen LogP contribution >= 0.6 is 23.2 Å². The lowest BCUT2D eigenvalue weighted by atomic mass is 9.96. The Hall–Kier alpha value is -1.91. The molecule has 0 aromatic heterocycles. The second-order valence-electron chi connectivity index (χ2n) is 5.94. The number of nitrogens with one attached hydrogen (secondary N) is 2. The average Bonchev–Trinajstić information content (AvgIpc) is 3.38. The standard InChI is InChI=1S/C18H18Cl2N2O2/c1-24-14-5-2-12(3-6-14)18(8-9-18)11-21-17(23)22-16-10-13(19)4-7-15(16)20/h2-7,10H,8-9,11H2,1H3,(H2,21,22,23). The Balaban J connectivity index is 1.60. The monoisotopic (exact) mass is 364 g/mol. The van der Waals surface area contributed by atoms with Crippen LogP contribution < -0.4 is 15.4 Å². The summed E-state index contributed by atoms with van der Waals surface area (Å²) in [7, 11) is 1.65. The molecule has 1 aliphatic rings. The summed E-state index contributed by atoms with van der Waals surface area (Å²) in [6.07, 6.45) is 2.11. The molecule has 24 heavy (non-hydrogen) atoms. The number of halogens is 2. The minimum Gasteiger partial charge on any atom is -0.497 e. The first-order valence-electron chi connectivity index (χ1n) is 7.67. The normalized spacial score (nSPS) is 14.8. The van der Waals surface area contributed by atoms with E-state index in [4.69, 9.17) is 27.9 Å². The molecule has 0 saturated heterocycles. The van der Waals surface area contributed by atoms with Gasteiger partial charge in [0.05, 0.1) is 17.8 Å². The number of amides is 2. The predicted molar refractivity (Wildman–Crippen MR) is 97.4 cm³/mol. The Labute approximate surface area is 151 Å². The largest absolute Gasteiger partial charge is 0.497 e. The highest BCUT2D eigenvalue weighted by Crippen LogP contribution is 2.47. The Morgan fingerprint density at radius 2 is 1.88 bits per heavy atom. The zero-order valence-electron chi connectivity index (χ0n) is 13.2. The lowest BCUT2D eigenvalue weighted by Gasteiger charge is -2.17. The second kappa shape index (κ2) is 6.91. The van der Waals surface area contributed by atoms with E-state index in [2.05, 4.69) is 22.8 Å².